The molecule has 0 unspecified atom stereocenters. The van der Waals surface area contributed by atoms with Crippen molar-refractivity contribution < 1.29 is 43.2 Å². The highest BCUT2D eigenvalue weighted by Gasteiger charge is 2.35. The summed E-state index contributed by atoms with van der Waals surface area (Å²) in [6.45, 7) is 12.1. The number of carbonyl (C=O) groups excluding carboxylic acids is 2. The van der Waals surface area contributed by atoms with Crippen LogP contribution in [0, 0.1) is 12.8 Å². The molecule has 1 fully saturated rings. The van der Waals surface area contributed by atoms with E-state index >= 15 is 0 Å². The van der Waals surface area contributed by atoms with Crippen LogP contribution < -0.4 is 15.4 Å². The molecule has 0 radical (unpaired) electrons. The summed E-state index contributed by atoms with van der Waals surface area (Å²) in [6.07, 6.45) is 4.63. The molecule has 2 atom stereocenters. The van der Waals surface area contributed by atoms with E-state index in [9.17, 15) is 19.5 Å². The first-order chi connectivity index (χ1) is 29.2. The molecule has 3 N–H and O–H groups in total. The van der Waals surface area contributed by atoms with E-state index in [4.69, 9.17) is 23.7 Å². The van der Waals surface area contributed by atoms with Crippen molar-refractivity contribution in [1.82, 2.24) is 15.2 Å². The maximum Gasteiger partial charge on any atom is 0.305 e. The predicted octanol–water partition coefficient (Wildman–Crippen LogP) is 7.22. The number of nitrogens with one attached hydrogen (secondary N) is 2. The fourth-order valence-corrected chi connectivity index (χ4v) is 7.10. The van der Waals surface area contributed by atoms with Crippen LogP contribution in [0.4, 0.5) is 5.82 Å². The minimum Gasteiger partial charge on any atom is -0.491 e. The number of nitrogens with zero attached hydrogens (tertiary/aromatic N) is 2. The lowest BCUT2D eigenvalue weighted by Crippen LogP contribution is -2.47. The number of aryl methyl sites for hydroxylation is 1. The van der Waals surface area contributed by atoms with Gasteiger partial charge in [-0.2, -0.15) is 0 Å². The van der Waals surface area contributed by atoms with Gasteiger partial charge in [0.05, 0.1) is 58.7 Å². The topological polar surface area (TPSA) is 158 Å². The third-order valence-corrected chi connectivity index (χ3v) is 10.3. The number of carboxylic acids is 1. The molecule has 0 spiro atoms. The number of amides is 2. The molecule has 2 heterocycles. The lowest BCUT2D eigenvalue weighted by atomic mass is 9.95. The Hall–Kier alpha value is -5.08. The Balaban J connectivity index is 1.08. The van der Waals surface area contributed by atoms with Gasteiger partial charge in [-0.3, -0.25) is 14.4 Å². The van der Waals surface area contributed by atoms with Gasteiger partial charge in [0.2, 0.25) is 11.8 Å². The number of benzene rings is 3. The molecule has 4 aromatic rings. The van der Waals surface area contributed by atoms with Crippen LogP contribution in [-0.4, -0.2) is 111 Å². The molecule has 0 aliphatic carbocycles. The molecule has 13 heteroatoms. The van der Waals surface area contributed by atoms with E-state index in [0.717, 1.165) is 52.1 Å². The first-order valence-corrected chi connectivity index (χ1v) is 21.2. The zero-order chi connectivity index (χ0) is 42.5. The molecule has 60 heavy (non-hydrogen) atoms. The van der Waals surface area contributed by atoms with Gasteiger partial charge in [0.1, 0.15) is 24.2 Å². The molecule has 1 aromatic heterocycles. The summed E-state index contributed by atoms with van der Waals surface area (Å²) < 4.78 is 28.5. The number of aromatic nitrogens is 1. The smallest absolute Gasteiger partial charge is 0.305 e. The number of pyridine rings is 1. The summed E-state index contributed by atoms with van der Waals surface area (Å²) in [5.41, 5.74) is 3.69. The highest BCUT2D eigenvalue weighted by Crippen LogP contribution is 2.35. The molecular weight excluding hydrogens is 765 g/mol. The zero-order valence-corrected chi connectivity index (χ0v) is 35.4. The maximum absolute atomic E-state index is 13.6. The largest absolute Gasteiger partial charge is 0.491 e. The quantitative estimate of drug-likeness (QED) is 0.0522. The number of hydrogen-bond donors (Lipinski definition) is 3. The minimum absolute atomic E-state index is 0.0872. The summed E-state index contributed by atoms with van der Waals surface area (Å²) >= 11 is 0. The second-order valence-corrected chi connectivity index (χ2v) is 15.4. The number of ether oxygens (including phenoxy) is 5. The molecule has 13 nitrogen and oxygen atoms in total. The molecule has 5 rings (SSSR count). The van der Waals surface area contributed by atoms with Crippen molar-refractivity contribution in [2.45, 2.75) is 71.4 Å². The number of rotatable bonds is 27. The van der Waals surface area contributed by atoms with Crippen molar-refractivity contribution >= 4 is 34.4 Å². The van der Waals surface area contributed by atoms with Crippen LogP contribution in [-0.2, 0) is 33.3 Å². The molecular formula is C47H62N4O9. The van der Waals surface area contributed by atoms with Crippen LogP contribution in [0.15, 0.2) is 79.0 Å². The SMILES string of the molecule is Cc1ccnc(NCCCC(=O)N2CCC[C@@H]2C(=O)N[C@@H](CC(=O)O)c2ccc(-c3ccc(OCCOCCOCCOCCOCCC(C)C)c4ccccc34)cc2)c1. The van der Waals surface area contributed by atoms with E-state index in [1.165, 1.54) is 0 Å². The summed E-state index contributed by atoms with van der Waals surface area (Å²) in [7, 11) is 0. The van der Waals surface area contributed by atoms with Crippen LogP contribution in [0.3, 0.4) is 0 Å². The highest BCUT2D eigenvalue weighted by molar-refractivity contribution is 6.00. The maximum atomic E-state index is 13.6. The van der Waals surface area contributed by atoms with E-state index in [2.05, 4.69) is 29.5 Å². The molecule has 1 saturated heterocycles. The fraction of sp³-hybridized carbons (Fsp3) is 0.489. The third kappa shape index (κ3) is 14.9. The van der Waals surface area contributed by atoms with Gasteiger partial charge in [0.15, 0.2) is 0 Å². The van der Waals surface area contributed by atoms with Gasteiger partial charge in [-0.15, -0.1) is 0 Å². The lowest BCUT2D eigenvalue weighted by molar-refractivity contribution is -0.140. The first kappa shape index (κ1) is 46.0. The van der Waals surface area contributed by atoms with Crippen molar-refractivity contribution in [3.63, 3.8) is 0 Å². The standard InChI is InChI=1S/C47H62N4O9/c1-34(2)19-23-56-24-25-57-26-27-58-28-29-59-30-31-60-43-17-16-38(39-8-4-5-9-40(39)43)36-12-14-37(15-13-36)41(33-46(53)54)50-47(55)42-10-7-22-51(42)45(52)11-6-20-48-44-32-35(3)18-21-49-44/h4-5,8-9,12-18,21,32,34,41-42H,6-7,10-11,19-20,22-31,33H2,1-3H3,(H,48,49)(H,50,55)(H,53,54)/t41-,42+/m0/s1. The van der Waals surface area contributed by atoms with Gasteiger partial charge in [-0.05, 0) is 84.4 Å². The van der Waals surface area contributed by atoms with Gasteiger partial charge in [0, 0.05) is 37.7 Å². The Morgan fingerprint density at radius 2 is 1.50 bits per heavy atom. The van der Waals surface area contributed by atoms with E-state index in [-0.39, 0.29) is 18.2 Å². The zero-order valence-electron chi connectivity index (χ0n) is 35.4. The first-order valence-electron chi connectivity index (χ1n) is 21.2. The Bertz CT molecular complexity index is 1940. The molecule has 0 saturated carbocycles. The molecule has 2 amide bonds. The van der Waals surface area contributed by atoms with E-state index in [0.29, 0.717) is 103 Å². The van der Waals surface area contributed by atoms with E-state index in [1.807, 2.05) is 79.7 Å². The summed E-state index contributed by atoms with van der Waals surface area (Å²) in [5.74, 6) is 0.689. The normalized spacial score (nSPS) is 14.4. The Morgan fingerprint density at radius 1 is 0.833 bits per heavy atom. The number of anilines is 1. The predicted molar refractivity (Wildman–Crippen MR) is 232 cm³/mol. The monoisotopic (exact) mass is 826 g/mol. The number of fused-ring (bicyclic) bond motifs is 1. The minimum atomic E-state index is -1.03. The van der Waals surface area contributed by atoms with Crippen LogP contribution in [0.5, 0.6) is 5.75 Å². The van der Waals surface area contributed by atoms with Crippen molar-refractivity contribution in [3.05, 3.63) is 90.1 Å². The average molecular weight is 827 g/mol. The van der Waals surface area contributed by atoms with Gasteiger partial charge in [-0.25, -0.2) is 4.98 Å². The highest BCUT2D eigenvalue weighted by atomic mass is 16.6. The molecule has 0 bridgehead atoms. The van der Waals surface area contributed by atoms with Crippen molar-refractivity contribution in [3.8, 4) is 16.9 Å². The third-order valence-electron chi connectivity index (χ3n) is 10.3. The Labute approximate surface area is 354 Å². The van der Waals surface area contributed by atoms with E-state index in [1.54, 1.807) is 11.1 Å². The molecule has 3 aromatic carbocycles. The van der Waals surface area contributed by atoms with Gasteiger partial charge in [-0.1, -0.05) is 68.4 Å². The number of aliphatic carboxylic acids is 1. The van der Waals surface area contributed by atoms with Crippen LogP contribution in [0.2, 0.25) is 0 Å². The van der Waals surface area contributed by atoms with Gasteiger partial charge in [0.25, 0.3) is 0 Å². The average Bonchev–Trinajstić information content (AvgIpc) is 3.74. The summed E-state index contributed by atoms with van der Waals surface area (Å²) in [4.78, 5) is 44.7. The number of hydrogen-bond acceptors (Lipinski definition) is 10. The van der Waals surface area contributed by atoms with Crippen molar-refractivity contribution in [1.29, 1.82) is 0 Å². The van der Waals surface area contributed by atoms with Crippen molar-refractivity contribution in [2.75, 3.05) is 77.9 Å². The number of likely N-dealkylation sites (tertiary alicyclic amines) is 1. The Morgan fingerprint density at radius 3 is 2.17 bits per heavy atom. The summed E-state index contributed by atoms with van der Waals surface area (Å²) in [6, 6.07) is 22.0. The molecule has 1 aliphatic rings. The number of carbonyl (C=O) groups is 3. The summed E-state index contributed by atoms with van der Waals surface area (Å²) in [5, 5.41) is 18.0. The van der Waals surface area contributed by atoms with Crippen LogP contribution >= 0.6 is 0 Å². The van der Waals surface area contributed by atoms with Gasteiger partial charge < -0.3 is 44.3 Å². The van der Waals surface area contributed by atoms with E-state index < -0.39 is 18.1 Å². The fourth-order valence-electron chi connectivity index (χ4n) is 7.10. The number of carboxylic acid groups (broad SMARTS) is 1. The lowest BCUT2D eigenvalue weighted by Gasteiger charge is -2.26. The van der Waals surface area contributed by atoms with Crippen LogP contribution in [0.25, 0.3) is 21.9 Å². The second-order valence-electron chi connectivity index (χ2n) is 15.4. The molecule has 1 aliphatic heterocycles. The molecule has 324 valence electrons. The van der Waals surface area contributed by atoms with Crippen molar-refractivity contribution in [2.24, 2.45) is 5.92 Å². The van der Waals surface area contributed by atoms with Crippen LogP contribution in [0.1, 0.15) is 69.5 Å². The second kappa shape index (κ2) is 24.9. The Kier molecular flexibility index (Phi) is 19.1. The van der Waals surface area contributed by atoms with Gasteiger partial charge >= 0.3 is 5.97 Å².